The van der Waals surface area contributed by atoms with Gasteiger partial charge in [-0.1, -0.05) is 12.2 Å². The minimum Gasteiger partial charge on any atom is -0.394 e. The minimum atomic E-state index is -3.59. The van der Waals surface area contributed by atoms with Gasteiger partial charge in [-0.25, -0.2) is 19.3 Å². The fourth-order valence-corrected chi connectivity index (χ4v) is 6.74. The van der Waals surface area contributed by atoms with Crippen LogP contribution in [0.1, 0.15) is 12.5 Å². The van der Waals surface area contributed by atoms with E-state index in [1.165, 1.54) is 21.8 Å². The Morgan fingerprint density at radius 3 is 2.45 bits per heavy atom. The lowest BCUT2D eigenvalue weighted by Gasteiger charge is -2.27. The zero-order valence-corrected chi connectivity index (χ0v) is 23.6. The molecule has 0 aromatic carbocycles. The Morgan fingerprint density at radius 2 is 1.74 bits per heavy atom. The number of thiol groups is 1. The number of halogens is 1. The average Bonchev–Trinajstić information content (AvgIpc) is 3.69. The van der Waals surface area contributed by atoms with Crippen molar-refractivity contribution in [2.24, 2.45) is 0 Å². The maximum Gasteiger partial charge on any atom is 0.280 e. The molecule has 9 atom stereocenters. The molecule has 2 saturated heterocycles. The number of nitrogen functional groups attached to an aromatic ring is 1. The third-order valence-corrected chi connectivity index (χ3v) is 9.00. The van der Waals surface area contributed by atoms with Crippen LogP contribution in [0.4, 0.5) is 10.3 Å². The number of H-pyrrole nitrogens is 2. The van der Waals surface area contributed by atoms with Gasteiger partial charge in [0.2, 0.25) is 11.6 Å². The maximum atomic E-state index is 15.1. The number of aromatic amines is 2. The highest BCUT2D eigenvalue weighted by molar-refractivity contribution is 8.60. The zero-order valence-electron chi connectivity index (χ0n) is 21.0. The van der Waals surface area contributed by atoms with E-state index >= 15 is 4.39 Å². The molecular formula is C20H23FN9O9PS2. The summed E-state index contributed by atoms with van der Waals surface area (Å²) in [5, 5.41) is 31.1. The number of rotatable bonds is 8. The Labute approximate surface area is 243 Å². The van der Waals surface area contributed by atoms with Gasteiger partial charge < -0.3 is 44.6 Å². The van der Waals surface area contributed by atoms with Crippen LogP contribution >= 0.6 is 17.9 Å². The second-order valence-electron chi connectivity index (χ2n) is 9.40. The number of nitrogens with zero attached hydrogens (tertiary/aromatic N) is 6. The van der Waals surface area contributed by atoms with Gasteiger partial charge in [-0.15, -0.1) is 0 Å². The van der Waals surface area contributed by atoms with Crippen molar-refractivity contribution in [2.45, 2.75) is 49.1 Å². The Balaban J connectivity index is 1.19. The Kier molecular flexibility index (Phi) is 7.66. The van der Waals surface area contributed by atoms with E-state index in [2.05, 4.69) is 42.2 Å². The minimum absolute atomic E-state index is 0.0139. The van der Waals surface area contributed by atoms with Crippen LogP contribution in [0.25, 0.3) is 22.3 Å². The third kappa shape index (κ3) is 5.04. The van der Waals surface area contributed by atoms with E-state index < -0.39 is 79.2 Å². The van der Waals surface area contributed by atoms with Crippen LogP contribution in [0.3, 0.4) is 0 Å². The number of imidazole rings is 2. The molecule has 0 saturated carbocycles. The summed E-state index contributed by atoms with van der Waals surface area (Å²) in [6.45, 7) is -1.07. The Bertz CT molecular complexity index is 1800. The van der Waals surface area contributed by atoms with Gasteiger partial charge in [0.1, 0.15) is 30.5 Å². The molecule has 0 amide bonds. The van der Waals surface area contributed by atoms with E-state index in [-0.39, 0.29) is 28.3 Å². The first-order valence-corrected chi connectivity index (χ1v) is 16.0. The molecule has 1 unspecified atom stereocenters. The van der Waals surface area contributed by atoms with E-state index in [1.54, 1.807) is 0 Å². The van der Waals surface area contributed by atoms with Crippen molar-refractivity contribution in [1.29, 1.82) is 0 Å². The molecular weight excluding hydrogens is 624 g/mol. The molecule has 4 aromatic rings. The predicted octanol–water partition coefficient (Wildman–Crippen LogP) is -1.76. The lowest BCUT2D eigenvalue weighted by atomic mass is 10.1. The molecule has 226 valence electrons. The summed E-state index contributed by atoms with van der Waals surface area (Å²) in [4.78, 5) is 44.9. The first-order chi connectivity index (χ1) is 20.0. The SMILES string of the molecule is Nc1nc2c(ncn2[C@@H]2O[C@H](CO)[C@@H](O)[C@H]2OP(=S)(S)OC[C@H]2O[C@@H](n3cnc4c(=O)[nH]cnc43)[C@@H](F)[C@@H]2O)c(=O)[nH]1. The molecule has 2 aliphatic rings. The van der Waals surface area contributed by atoms with Gasteiger partial charge in [-0.2, -0.15) is 4.98 Å². The number of aliphatic hydroxyl groups excluding tert-OH is 3. The van der Waals surface area contributed by atoms with E-state index in [0.29, 0.717) is 0 Å². The van der Waals surface area contributed by atoms with E-state index in [1.807, 2.05) is 0 Å². The van der Waals surface area contributed by atoms with Crippen LogP contribution in [-0.2, 0) is 30.3 Å². The predicted molar refractivity (Wildman–Crippen MR) is 147 cm³/mol. The number of hydrogen-bond donors (Lipinski definition) is 7. The summed E-state index contributed by atoms with van der Waals surface area (Å²) in [5.41, 5.74) is 0.892. The highest BCUT2D eigenvalue weighted by Crippen LogP contribution is 2.57. The van der Waals surface area contributed by atoms with E-state index in [0.717, 1.165) is 6.33 Å². The quantitative estimate of drug-likeness (QED) is 0.0826. The van der Waals surface area contributed by atoms with Crippen LogP contribution in [-0.4, -0.2) is 104 Å². The van der Waals surface area contributed by atoms with Gasteiger partial charge in [0.25, 0.3) is 11.1 Å². The maximum absolute atomic E-state index is 15.1. The van der Waals surface area contributed by atoms with Crippen molar-refractivity contribution in [2.75, 3.05) is 18.9 Å². The van der Waals surface area contributed by atoms with E-state index in [4.69, 9.17) is 36.1 Å². The largest absolute Gasteiger partial charge is 0.394 e. The first kappa shape index (κ1) is 29.2. The smallest absolute Gasteiger partial charge is 0.280 e. The Hall–Kier alpha value is -2.85. The third-order valence-electron chi connectivity index (χ3n) is 6.81. The van der Waals surface area contributed by atoms with Crippen LogP contribution < -0.4 is 16.9 Å². The topological polar surface area (TPSA) is 251 Å². The Morgan fingerprint density at radius 1 is 1.07 bits per heavy atom. The molecule has 4 aromatic heterocycles. The fraction of sp³-hybridized carbons (Fsp3) is 0.500. The van der Waals surface area contributed by atoms with Crippen LogP contribution in [0.2, 0.25) is 0 Å². The highest BCUT2D eigenvalue weighted by atomic mass is 32.9. The molecule has 0 spiro atoms. The standard InChI is InChI=1S/C20H23FN9O9PS2/c21-8-11(32)7(38-18(8)29-4-25-9-14(29)23-3-24-16(9)34)2-36-40(41,42)39-13-12(33)6(1-31)37-19(13)30-5-26-10-15(30)27-20(22)28-17(10)35/h3-8,11-13,18-19,31-33H,1-2H2,(H,41,42)(H,23,24,34)(H3,22,27,28,35)/t6-,7-,8+,11-,12-,13-,18-,19-/m1/s1. The van der Waals surface area contributed by atoms with Crippen molar-refractivity contribution < 1.29 is 38.2 Å². The van der Waals surface area contributed by atoms with Crippen molar-refractivity contribution in [3.8, 4) is 0 Å². The van der Waals surface area contributed by atoms with Gasteiger partial charge in [-0.3, -0.25) is 23.7 Å². The number of anilines is 1. The summed E-state index contributed by atoms with van der Waals surface area (Å²) in [7, 11) is 0. The van der Waals surface area contributed by atoms with Crippen LogP contribution in [0.15, 0.2) is 28.6 Å². The normalized spacial score (nSPS) is 31.3. The average molecular weight is 648 g/mol. The van der Waals surface area contributed by atoms with Gasteiger partial charge in [0.05, 0.1) is 32.2 Å². The fourth-order valence-electron chi connectivity index (χ4n) is 4.80. The molecule has 0 bridgehead atoms. The molecule has 2 aliphatic heterocycles. The summed E-state index contributed by atoms with van der Waals surface area (Å²) < 4.78 is 40.5. The molecule has 0 radical (unpaired) electrons. The number of aromatic nitrogens is 8. The van der Waals surface area contributed by atoms with E-state index in [9.17, 15) is 24.9 Å². The molecule has 0 aliphatic carbocycles. The van der Waals surface area contributed by atoms with Crippen LogP contribution in [0.5, 0.6) is 0 Å². The number of nitrogens with two attached hydrogens (primary N) is 1. The van der Waals surface area contributed by atoms with Crippen LogP contribution in [0, 0.1) is 0 Å². The zero-order chi connectivity index (χ0) is 29.9. The molecule has 2 fully saturated rings. The van der Waals surface area contributed by atoms with Gasteiger partial charge >= 0.3 is 0 Å². The lowest BCUT2D eigenvalue weighted by molar-refractivity contribution is -0.0514. The molecule has 22 heteroatoms. The first-order valence-electron chi connectivity index (χ1n) is 12.2. The number of ether oxygens (including phenoxy) is 2. The number of nitrogens with one attached hydrogen (secondary N) is 2. The van der Waals surface area contributed by atoms with Gasteiger partial charge in [0, 0.05) is 0 Å². The van der Waals surface area contributed by atoms with Gasteiger partial charge in [-0.05, 0) is 11.8 Å². The lowest BCUT2D eigenvalue weighted by Crippen LogP contribution is -2.35. The number of fused-ring (bicyclic) bond motifs is 2. The summed E-state index contributed by atoms with van der Waals surface area (Å²) >= 11 is 9.72. The molecule has 18 nitrogen and oxygen atoms in total. The molecule has 42 heavy (non-hydrogen) atoms. The van der Waals surface area contributed by atoms with Crippen molar-refractivity contribution in [1.82, 2.24) is 39.0 Å². The number of alkyl halides is 1. The monoisotopic (exact) mass is 647 g/mol. The van der Waals surface area contributed by atoms with Crippen molar-refractivity contribution in [3.05, 3.63) is 39.7 Å². The molecule has 7 N–H and O–H groups in total. The number of aliphatic hydroxyl groups is 3. The highest BCUT2D eigenvalue weighted by Gasteiger charge is 2.49. The summed E-state index contributed by atoms with van der Waals surface area (Å²) in [6, 6.07) is 0. The molecule has 6 rings (SSSR count). The van der Waals surface area contributed by atoms with Gasteiger partial charge in [0.15, 0.2) is 41.0 Å². The molecule has 6 heterocycles. The summed E-state index contributed by atoms with van der Waals surface area (Å²) in [6.07, 6.45) is -7.81. The second-order valence-corrected chi connectivity index (χ2v) is 14.6. The van der Waals surface area contributed by atoms with Crippen molar-refractivity contribution >= 4 is 58.0 Å². The summed E-state index contributed by atoms with van der Waals surface area (Å²) in [5.74, 6) is -0.197. The van der Waals surface area contributed by atoms with Crippen molar-refractivity contribution in [3.63, 3.8) is 0 Å². The second kappa shape index (κ2) is 11.0. The number of hydrogen-bond acceptors (Lipinski definition) is 15.